The second-order valence-electron chi connectivity index (χ2n) is 5.68. The van der Waals surface area contributed by atoms with E-state index in [1.165, 1.54) is 25.1 Å². The van der Waals surface area contributed by atoms with Crippen molar-refractivity contribution in [2.45, 2.75) is 26.3 Å². The molecule has 23 heavy (non-hydrogen) atoms. The molecule has 0 spiro atoms. The van der Waals surface area contributed by atoms with Crippen molar-refractivity contribution in [2.75, 3.05) is 23.3 Å². The normalized spacial score (nSPS) is 14.0. The molecular weight excluding hydrogens is 294 g/mol. The molecule has 0 aromatic carbocycles. The molecule has 0 radical (unpaired) electrons. The number of rotatable bonds is 5. The van der Waals surface area contributed by atoms with Crippen LogP contribution < -0.4 is 10.2 Å². The van der Waals surface area contributed by atoms with E-state index in [1.807, 2.05) is 13.0 Å². The summed E-state index contributed by atoms with van der Waals surface area (Å²) < 4.78 is 0. The number of aromatic nitrogens is 2. The Hall–Kier alpha value is -2.70. The summed E-state index contributed by atoms with van der Waals surface area (Å²) in [5.74, 6) is 1.64. The van der Waals surface area contributed by atoms with E-state index in [-0.39, 0.29) is 5.69 Å². The minimum Gasteiger partial charge on any atom is -0.366 e. The van der Waals surface area contributed by atoms with Crippen molar-refractivity contribution in [2.24, 2.45) is 0 Å². The minimum absolute atomic E-state index is 0.00775. The maximum atomic E-state index is 10.6. The molecular formula is C16H19N5O2. The van der Waals surface area contributed by atoms with E-state index in [2.05, 4.69) is 26.3 Å². The Bertz CT molecular complexity index is 696. The smallest absolute Gasteiger partial charge is 0.287 e. The van der Waals surface area contributed by atoms with Crippen LogP contribution in [0.15, 0.2) is 30.5 Å². The fraction of sp³-hybridized carbons (Fsp3) is 0.375. The molecule has 7 heteroatoms. The monoisotopic (exact) mass is 313 g/mol. The zero-order chi connectivity index (χ0) is 16.2. The van der Waals surface area contributed by atoms with Gasteiger partial charge in [0.2, 0.25) is 0 Å². The molecule has 1 aliphatic rings. The van der Waals surface area contributed by atoms with Crippen molar-refractivity contribution in [3.8, 4) is 0 Å². The van der Waals surface area contributed by atoms with Gasteiger partial charge in [0.05, 0.1) is 4.92 Å². The van der Waals surface area contributed by atoms with Crippen molar-refractivity contribution < 1.29 is 4.92 Å². The number of nitrogens with one attached hydrogen (secondary N) is 1. The predicted molar refractivity (Wildman–Crippen MR) is 88.6 cm³/mol. The van der Waals surface area contributed by atoms with Crippen LogP contribution in [0, 0.1) is 17.0 Å². The molecule has 0 bridgehead atoms. The van der Waals surface area contributed by atoms with E-state index < -0.39 is 4.92 Å². The molecule has 7 nitrogen and oxygen atoms in total. The predicted octanol–water partition coefficient (Wildman–Crippen LogP) is 2.91. The van der Waals surface area contributed by atoms with Crippen LogP contribution in [0.5, 0.6) is 0 Å². The lowest BCUT2D eigenvalue weighted by atomic mass is 10.2. The van der Waals surface area contributed by atoms with Gasteiger partial charge < -0.3 is 10.2 Å². The molecule has 1 N–H and O–H groups in total. The highest BCUT2D eigenvalue weighted by Gasteiger charge is 2.14. The molecule has 2 aromatic heterocycles. The van der Waals surface area contributed by atoms with Crippen molar-refractivity contribution in [1.29, 1.82) is 0 Å². The van der Waals surface area contributed by atoms with Gasteiger partial charge in [-0.3, -0.25) is 10.1 Å². The van der Waals surface area contributed by atoms with Crippen LogP contribution >= 0.6 is 0 Å². The quantitative estimate of drug-likeness (QED) is 0.675. The second kappa shape index (κ2) is 6.60. The highest BCUT2D eigenvalue weighted by atomic mass is 16.6. The fourth-order valence-corrected chi connectivity index (χ4v) is 2.72. The molecule has 1 saturated heterocycles. The van der Waals surface area contributed by atoms with Crippen LogP contribution in [0.4, 0.5) is 17.3 Å². The maximum Gasteiger partial charge on any atom is 0.287 e. The lowest BCUT2D eigenvalue weighted by Crippen LogP contribution is -2.19. The van der Waals surface area contributed by atoms with E-state index in [0.717, 1.165) is 30.2 Å². The molecule has 2 aromatic rings. The largest absolute Gasteiger partial charge is 0.366 e. The molecule has 0 atom stereocenters. The summed E-state index contributed by atoms with van der Waals surface area (Å²) in [5.41, 5.74) is 2.11. The average Bonchev–Trinajstić information content (AvgIpc) is 3.07. The standard InChI is InChI=1S/C16H19N5O2/c1-12-8-13(9-16(19-12)20-6-2-3-7-20)10-17-15-5-4-14(11-18-15)21(22)23/h4-5,8-9,11H,2-3,6-7,10H2,1H3,(H,17,18). The zero-order valence-electron chi connectivity index (χ0n) is 13.0. The highest BCUT2D eigenvalue weighted by Crippen LogP contribution is 2.20. The Morgan fingerprint density at radius 3 is 2.74 bits per heavy atom. The van der Waals surface area contributed by atoms with E-state index in [4.69, 9.17) is 0 Å². The molecule has 3 heterocycles. The average molecular weight is 313 g/mol. The van der Waals surface area contributed by atoms with Crippen LogP contribution in [0.3, 0.4) is 0 Å². The summed E-state index contributed by atoms with van der Waals surface area (Å²) in [7, 11) is 0. The summed E-state index contributed by atoms with van der Waals surface area (Å²) in [6.45, 7) is 4.72. The first-order valence-electron chi connectivity index (χ1n) is 7.69. The summed E-state index contributed by atoms with van der Waals surface area (Å²) in [5, 5.41) is 13.8. The Kier molecular flexibility index (Phi) is 4.36. The Balaban J connectivity index is 1.68. The van der Waals surface area contributed by atoms with Crippen LogP contribution in [-0.4, -0.2) is 28.0 Å². The van der Waals surface area contributed by atoms with Crippen molar-refractivity contribution in [1.82, 2.24) is 9.97 Å². The third kappa shape index (κ3) is 3.74. The number of hydrogen-bond acceptors (Lipinski definition) is 6. The van der Waals surface area contributed by atoms with Crippen LogP contribution in [0.2, 0.25) is 0 Å². The molecule has 0 saturated carbocycles. The number of nitrogens with zero attached hydrogens (tertiary/aromatic N) is 4. The van der Waals surface area contributed by atoms with Gasteiger partial charge in [-0.15, -0.1) is 0 Å². The van der Waals surface area contributed by atoms with Gasteiger partial charge in [0.1, 0.15) is 17.8 Å². The Morgan fingerprint density at radius 1 is 1.30 bits per heavy atom. The van der Waals surface area contributed by atoms with E-state index in [9.17, 15) is 10.1 Å². The summed E-state index contributed by atoms with van der Waals surface area (Å²) in [6.07, 6.45) is 3.70. The summed E-state index contributed by atoms with van der Waals surface area (Å²) in [6, 6.07) is 7.20. The first-order chi connectivity index (χ1) is 11.1. The van der Waals surface area contributed by atoms with Crippen molar-refractivity contribution in [3.63, 3.8) is 0 Å². The van der Waals surface area contributed by atoms with Crippen molar-refractivity contribution >= 4 is 17.3 Å². The maximum absolute atomic E-state index is 10.6. The summed E-state index contributed by atoms with van der Waals surface area (Å²) >= 11 is 0. The van der Waals surface area contributed by atoms with Gasteiger partial charge in [0.15, 0.2) is 0 Å². The molecule has 1 fully saturated rings. The Morgan fingerprint density at radius 2 is 2.09 bits per heavy atom. The molecule has 0 unspecified atom stereocenters. The first-order valence-corrected chi connectivity index (χ1v) is 7.69. The van der Waals surface area contributed by atoms with Gasteiger partial charge in [-0.25, -0.2) is 9.97 Å². The molecule has 1 aliphatic heterocycles. The van der Waals surface area contributed by atoms with Gasteiger partial charge in [0, 0.05) is 31.4 Å². The van der Waals surface area contributed by atoms with Gasteiger partial charge >= 0.3 is 0 Å². The van der Waals surface area contributed by atoms with Gasteiger partial charge in [-0.05, 0) is 43.5 Å². The van der Waals surface area contributed by atoms with Crippen LogP contribution in [-0.2, 0) is 6.54 Å². The molecule has 0 amide bonds. The zero-order valence-corrected chi connectivity index (χ0v) is 13.0. The van der Waals surface area contributed by atoms with Crippen LogP contribution in [0.25, 0.3) is 0 Å². The van der Waals surface area contributed by atoms with Gasteiger partial charge in [-0.2, -0.15) is 0 Å². The van der Waals surface area contributed by atoms with Crippen molar-refractivity contribution in [3.05, 3.63) is 51.8 Å². The Labute approximate surface area is 134 Å². The number of pyridine rings is 2. The van der Waals surface area contributed by atoms with Gasteiger partial charge in [0.25, 0.3) is 5.69 Å². The third-order valence-corrected chi connectivity index (χ3v) is 3.86. The van der Waals surface area contributed by atoms with Gasteiger partial charge in [-0.1, -0.05) is 0 Å². The summed E-state index contributed by atoms with van der Waals surface area (Å²) in [4.78, 5) is 21.1. The molecule has 0 aliphatic carbocycles. The molecule has 120 valence electrons. The molecule has 3 rings (SSSR count). The highest BCUT2D eigenvalue weighted by molar-refractivity contribution is 5.45. The van der Waals surface area contributed by atoms with E-state index in [0.29, 0.717) is 12.4 Å². The van der Waals surface area contributed by atoms with E-state index in [1.54, 1.807) is 6.07 Å². The lowest BCUT2D eigenvalue weighted by molar-refractivity contribution is -0.385. The SMILES string of the molecule is Cc1cc(CNc2ccc([N+](=O)[O-])cn2)cc(N2CCCC2)n1. The number of nitro groups is 1. The number of hydrogen-bond donors (Lipinski definition) is 1. The lowest BCUT2D eigenvalue weighted by Gasteiger charge is -2.18. The van der Waals surface area contributed by atoms with E-state index >= 15 is 0 Å². The second-order valence-corrected chi connectivity index (χ2v) is 5.68. The minimum atomic E-state index is -0.453. The number of aryl methyl sites for hydroxylation is 1. The van der Waals surface area contributed by atoms with Crippen LogP contribution in [0.1, 0.15) is 24.1 Å². The number of anilines is 2. The first kappa shape index (κ1) is 15.2. The fourth-order valence-electron chi connectivity index (χ4n) is 2.72. The third-order valence-electron chi connectivity index (χ3n) is 3.86. The topological polar surface area (TPSA) is 84.2 Å².